The molecule has 0 saturated heterocycles. The fourth-order valence-corrected chi connectivity index (χ4v) is 13.9. The molecule has 0 aliphatic rings. The highest BCUT2D eigenvalue weighted by molar-refractivity contribution is 7.25. The quantitative estimate of drug-likeness (QED) is 0.121. The molecule has 0 amide bonds. The van der Waals surface area contributed by atoms with E-state index in [1.807, 2.05) is 0 Å². The Bertz CT molecular complexity index is 2840. The first-order chi connectivity index (χ1) is 26.8. The maximum absolute atomic E-state index is 5.28. The van der Waals surface area contributed by atoms with Gasteiger partial charge in [-0.3, -0.25) is 0 Å². The number of rotatable bonds is 7. The fourth-order valence-electron chi connectivity index (χ4n) is 8.00. The maximum atomic E-state index is 5.28. The zero-order valence-corrected chi connectivity index (χ0v) is 31.1. The van der Waals surface area contributed by atoms with Gasteiger partial charge in [0.2, 0.25) is 0 Å². The van der Waals surface area contributed by atoms with Crippen molar-refractivity contribution in [2.75, 3.05) is 0 Å². The third-order valence-electron chi connectivity index (χ3n) is 10.5. The molecular weight excluding hydrogens is 691 g/mol. The van der Waals surface area contributed by atoms with Gasteiger partial charge in [0, 0.05) is 36.9 Å². The van der Waals surface area contributed by atoms with Crippen LogP contribution in [-0.2, 0) is 0 Å². The smallest absolute Gasteiger partial charge is 0.179 e. The van der Waals surface area contributed by atoms with E-state index < -0.39 is 8.07 Å². The minimum Gasteiger partial charge on any atom is -0.208 e. The number of hydrogen-bond donors (Lipinski definition) is 0. The summed E-state index contributed by atoms with van der Waals surface area (Å²) in [6, 6.07) is 72.0. The highest BCUT2D eigenvalue weighted by Crippen LogP contribution is 2.36. The Morgan fingerprint density at radius 3 is 1.52 bits per heavy atom. The molecule has 10 aromatic rings. The molecule has 2 heterocycles. The molecule has 54 heavy (non-hydrogen) atoms. The third kappa shape index (κ3) is 5.45. The molecule has 0 saturated carbocycles. The molecule has 0 atom stereocenters. The van der Waals surface area contributed by atoms with Crippen molar-refractivity contribution in [3.8, 4) is 34.2 Å². The van der Waals surface area contributed by atoms with E-state index in [1.54, 1.807) is 11.3 Å². The second kappa shape index (κ2) is 13.5. The van der Waals surface area contributed by atoms with E-state index in [0.29, 0.717) is 17.5 Å². The third-order valence-corrected chi connectivity index (χ3v) is 16.4. The zero-order chi connectivity index (χ0) is 35.9. The zero-order valence-electron chi connectivity index (χ0n) is 29.3. The summed E-state index contributed by atoms with van der Waals surface area (Å²) in [5.41, 5.74) is 2.91. The minimum atomic E-state index is -2.77. The van der Waals surface area contributed by atoms with Crippen LogP contribution in [0.15, 0.2) is 200 Å². The number of fused-ring (bicyclic) bond motifs is 4. The van der Waals surface area contributed by atoms with Crippen LogP contribution < -0.4 is 20.7 Å². The minimum absolute atomic E-state index is 0.651. The summed E-state index contributed by atoms with van der Waals surface area (Å²) in [7, 11) is -2.77. The van der Waals surface area contributed by atoms with Crippen molar-refractivity contribution in [1.29, 1.82) is 0 Å². The molecule has 0 aliphatic carbocycles. The molecule has 5 heteroatoms. The number of benzene rings is 8. The van der Waals surface area contributed by atoms with Gasteiger partial charge in [-0.05, 0) is 43.7 Å². The largest absolute Gasteiger partial charge is 0.208 e. The van der Waals surface area contributed by atoms with Gasteiger partial charge in [0.25, 0.3) is 0 Å². The second-order valence-corrected chi connectivity index (χ2v) is 18.5. The lowest BCUT2D eigenvalue weighted by Crippen LogP contribution is -2.74. The summed E-state index contributed by atoms with van der Waals surface area (Å²) in [6.45, 7) is 0. The summed E-state index contributed by atoms with van der Waals surface area (Å²) in [5.74, 6) is 1.97. The Kier molecular flexibility index (Phi) is 8.01. The SMILES string of the molecule is c1ccc([Si](c2ccccc2)(c2ccccc2)c2cccc(-c3nc(-c4ccc5c(c4)sc4ccccc45)nc(-c4cccc5ccccc45)n3)c2)cc1. The first-order valence-corrected chi connectivity index (χ1v) is 21.0. The van der Waals surface area contributed by atoms with E-state index in [9.17, 15) is 0 Å². The van der Waals surface area contributed by atoms with E-state index in [0.717, 1.165) is 27.5 Å². The molecule has 0 fully saturated rings. The number of thiophene rings is 1. The lowest BCUT2D eigenvalue weighted by Gasteiger charge is -2.34. The molecule has 0 unspecified atom stereocenters. The number of nitrogens with zero attached hydrogens (tertiary/aromatic N) is 3. The monoisotopic (exact) mass is 723 g/mol. The van der Waals surface area contributed by atoms with Crippen molar-refractivity contribution < 1.29 is 0 Å². The second-order valence-electron chi connectivity index (χ2n) is 13.6. The van der Waals surface area contributed by atoms with Crippen molar-refractivity contribution in [1.82, 2.24) is 15.0 Å². The van der Waals surface area contributed by atoms with E-state index in [1.165, 1.54) is 40.9 Å². The van der Waals surface area contributed by atoms with Gasteiger partial charge in [-0.25, -0.2) is 15.0 Å². The van der Waals surface area contributed by atoms with Gasteiger partial charge >= 0.3 is 0 Å². The Balaban J connectivity index is 1.22. The van der Waals surface area contributed by atoms with Crippen LogP contribution >= 0.6 is 11.3 Å². The van der Waals surface area contributed by atoms with Crippen LogP contribution in [0.5, 0.6) is 0 Å². The van der Waals surface area contributed by atoms with E-state index in [2.05, 4.69) is 200 Å². The van der Waals surface area contributed by atoms with E-state index >= 15 is 0 Å². The molecule has 0 aliphatic heterocycles. The van der Waals surface area contributed by atoms with Gasteiger partial charge in [0.15, 0.2) is 25.5 Å². The normalized spacial score (nSPS) is 11.7. The predicted molar refractivity (Wildman–Crippen MR) is 230 cm³/mol. The Labute approximate surface area is 318 Å². The topological polar surface area (TPSA) is 38.7 Å². The lowest BCUT2D eigenvalue weighted by atomic mass is 10.0. The Morgan fingerprint density at radius 2 is 0.833 bits per heavy atom. The molecule has 0 spiro atoms. The molecule has 0 bridgehead atoms. The molecule has 8 aromatic carbocycles. The van der Waals surface area contributed by atoms with Crippen molar-refractivity contribution in [2.24, 2.45) is 0 Å². The van der Waals surface area contributed by atoms with Gasteiger partial charge in [0.1, 0.15) is 0 Å². The standard InChI is InChI=1S/C49H33N3SSi/c1-4-19-37(20-5-1)54(38-21-6-2-7-22-38,39-23-8-3-9-24-39)40-25-14-18-35(32-40)47-50-48(36-30-31-43-42-27-12-13-29-45(42)53-46(43)33-36)52-49(51-47)44-28-15-17-34-16-10-11-26-41(34)44/h1-33H. The maximum Gasteiger partial charge on any atom is 0.179 e. The van der Waals surface area contributed by atoms with Crippen LogP contribution in [0.4, 0.5) is 0 Å². The molecule has 0 radical (unpaired) electrons. The van der Waals surface area contributed by atoms with Gasteiger partial charge in [-0.1, -0.05) is 188 Å². The summed E-state index contributed by atoms with van der Waals surface area (Å²) in [4.78, 5) is 15.8. The van der Waals surface area contributed by atoms with Crippen LogP contribution in [0.2, 0.25) is 0 Å². The molecule has 3 nitrogen and oxygen atoms in total. The average Bonchev–Trinajstić information content (AvgIpc) is 3.63. The van der Waals surface area contributed by atoms with Gasteiger partial charge in [-0.2, -0.15) is 0 Å². The summed E-state index contributed by atoms with van der Waals surface area (Å²) < 4.78 is 2.49. The van der Waals surface area contributed by atoms with E-state index in [4.69, 9.17) is 15.0 Å². The summed E-state index contributed by atoms with van der Waals surface area (Å²) in [5, 5.41) is 10.0. The van der Waals surface area contributed by atoms with Crippen molar-refractivity contribution in [2.45, 2.75) is 0 Å². The van der Waals surface area contributed by atoms with Crippen molar-refractivity contribution in [3.63, 3.8) is 0 Å². The van der Waals surface area contributed by atoms with E-state index in [-0.39, 0.29) is 0 Å². The van der Waals surface area contributed by atoms with Crippen LogP contribution in [0.3, 0.4) is 0 Å². The molecule has 254 valence electrons. The molecule has 2 aromatic heterocycles. The van der Waals surface area contributed by atoms with Gasteiger partial charge in [-0.15, -0.1) is 11.3 Å². The molecule has 0 N–H and O–H groups in total. The first kappa shape index (κ1) is 32.1. The van der Waals surface area contributed by atoms with Crippen LogP contribution in [-0.4, -0.2) is 23.0 Å². The highest BCUT2D eigenvalue weighted by atomic mass is 32.1. The van der Waals surface area contributed by atoms with Crippen LogP contribution in [0, 0.1) is 0 Å². The fraction of sp³-hybridized carbons (Fsp3) is 0. The number of hydrogen-bond acceptors (Lipinski definition) is 4. The summed E-state index contributed by atoms with van der Waals surface area (Å²) in [6.07, 6.45) is 0. The molecular formula is C49H33N3SSi. The van der Waals surface area contributed by atoms with Gasteiger partial charge in [0.05, 0.1) is 0 Å². The predicted octanol–water partition coefficient (Wildman–Crippen LogP) is 9.77. The first-order valence-electron chi connectivity index (χ1n) is 18.2. The Morgan fingerprint density at radius 1 is 0.333 bits per heavy atom. The average molecular weight is 724 g/mol. The van der Waals surface area contributed by atoms with Crippen molar-refractivity contribution in [3.05, 3.63) is 200 Å². The van der Waals surface area contributed by atoms with Gasteiger partial charge < -0.3 is 0 Å². The number of aromatic nitrogens is 3. The Hall–Kier alpha value is -6.53. The highest BCUT2D eigenvalue weighted by Gasteiger charge is 2.41. The lowest BCUT2D eigenvalue weighted by molar-refractivity contribution is 1.08. The van der Waals surface area contributed by atoms with Crippen LogP contribution in [0.25, 0.3) is 65.1 Å². The van der Waals surface area contributed by atoms with Crippen LogP contribution in [0.1, 0.15) is 0 Å². The molecule has 10 rings (SSSR count). The summed E-state index contributed by atoms with van der Waals surface area (Å²) >= 11 is 1.81. The van der Waals surface area contributed by atoms with Crippen molar-refractivity contribution >= 4 is 71.1 Å².